The van der Waals surface area contributed by atoms with E-state index in [9.17, 15) is 0 Å². The molecule has 0 amide bonds. The van der Waals surface area contributed by atoms with Crippen LogP contribution in [0.3, 0.4) is 0 Å². The molecule has 2 heterocycles. The monoisotopic (exact) mass is 273 g/mol. The number of hydrogen-bond acceptors (Lipinski definition) is 3. The van der Waals surface area contributed by atoms with Crippen LogP contribution in [0.1, 0.15) is 55.1 Å². The fourth-order valence-corrected chi connectivity index (χ4v) is 3.01. The first-order chi connectivity index (χ1) is 9.78. The third-order valence-electron chi connectivity index (χ3n) is 4.35. The Hall–Kier alpha value is -1.62. The first-order valence-electron chi connectivity index (χ1n) is 7.53. The van der Waals surface area contributed by atoms with E-state index in [-0.39, 0.29) is 0 Å². The molecule has 20 heavy (non-hydrogen) atoms. The lowest BCUT2D eigenvalue weighted by atomic mass is 9.96. The molecule has 0 unspecified atom stereocenters. The average Bonchev–Trinajstić information content (AvgIpc) is 3.08. The normalized spacial score (nSPS) is 16.7. The molecule has 2 aromatic heterocycles. The summed E-state index contributed by atoms with van der Waals surface area (Å²) in [6.45, 7) is 3.33. The lowest BCUT2D eigenvalue weighted by molar-refractivity contribution is 0.327. The lowest BCUT2D eigenvalue weighted by Crippen LogP contribution is -2.14. The Labute approximate surface area is 119 Å². The van der Waals surface area contributed by atoms with Gasteiger partial charge in [0.15, 0.2) is 0 Å². The zero-order valence-corrected chi connectivity index (χ0v) is 12.1. The molecule has 0 bridgehead atoms. The second kappa shape index (κ2) is 5.79. The summed E-state index contributed by atoms with van der Waals surface area (Å²) < 4.78 is 4.13. The molecule has 0 aromatic carbocycles. The van der Waals surface area contributed by atoms with Crippen LogP contribution < -0.4 is 5.73 Å². The van der Waals surface area contributed by atoms with Crippen LogP contribution in [0.15, 0.2) is 18.5 Å². The number of nitrogens with two attached hydrogens (primary N) is 1. The van der Waals surface area contributed by atoms with E-state index >= 15 is 0 Å². The van der Waals surface area contributed by atoms with Crippen molar-refractivity contribution < 1.29 is 0 Å². The standard InChI is InChI=1S/C15H23N5/c1-12-13(9-16)10-17-20(12)11-14-7-8-19(18-14)15-5-3-2-4-6-15/h7-8,10,15H,2-6,9,11,16H2,1H3. The predicted octanol–water partition coefficient (Wildman–Crippen LogP) is 2.40. The van der Waals surface area contributed by atoms with Gasteiger partial charge in [0, 0.05) is 24.0 Å². The van der Waals surface area contributed by atoms with Crippen molar-refractivity contribution >= 4 is 0 Å². The van der Waals surface area contributed by atoms with Gasteiger partial charge in [0.05, 0.1) is 24.5 Å². The molecular weight excluding hydrogens is 250 g/mol. The Kier molecular flexibility index (Phi) is 3.87. The zero-order chi connectivity index (χ0) is 13.9. The van der Waals surface area contributed by atoms with Crippen molar-refractivity contribution in [3.05, 3.63) is 35.4 Å². The quantitative estimate of drug-likeness (QED) is 0.930. The van der Waals surface area contributed by atoms with Crippen LogP contribution in [0.2, 0.25) is 0 Å². The van der Waals surface area contributed by atoms with Crippen molar-refractivity contribution in [2.24, 2.45) is 5.73 Å². The Morgan fingerprint density at radius 3 is 2.80 bits per heavy atom. The third kappa shape index (κ3) is 2.63. The van der Waals surface area contributed by atoms with Crippen molar-refractivity contribution in [3.63, 3.8) is 0 Å². The maximum atomic E-state index is 5.69. The van der Waals surface area contributed by atoms with Gasteiger partial charge < -0.3 is 5.73 Å². The molecule has 1 aliphatic rings. The number of hydrogen-bond donors (Lipinski definition) is 1. The second-order valence-corrected chi connectivity index (χ2v) is 5.70. The molecule has 0 saturated heterocycles. The largest absolute Gasteiger partial charge is 0.326 e. The molecule has 0 atom stereocenters. The fraction of sp³-hybridized carbons (Fsp3) is 0.600. The molecule has 2 N–H and O–H groups in total. The van der Waals surface area contributed by atoms with E-state index in [1.54, 1.807) is 0 Å². The minimum Gasteiger partial charge on any atom is -0.326 e. The first kappa shape index (κ1) is 13.4. The second-order valence-electron chi connectivity index (χ2n) is 5.70. The van der Waals surface area contributed by atoms with Crippen LogP contribution >= 0.6 is 0 Å². The van der Waals surface area contributed by atoms with Crippen molar-refractivity contribution in [2.75, 3.05) is 0 Å². The van der Waals surface area contributed by atoms with Crippen molar-refractivity contribution in [1.82, 2.24) is 19.6 Å². The molecule has 0 aliphatic heterocycles. The van der Waals surface area contributed by atoms with Crippen LogP contribution in [0.4, 0.5) is 0 Å². The number of aromatic nitrogens is 4. The SMILES string of the molecule is Cc1c(CN)cnn1Cc1ccn(C2CCCCC2)n1. The Morgan fingerprint density at radius 1 is 1.30 bits per heavy atom. The zero-order valence-electron chi connectivity index (χ0n) is 12.1. The minimum absolute atomic E-state index is 0.544. The molecule has 5 heteroatoms. The van der Waals surface area contributed by atoms with Crippen molar-refractivity contribution in [2.45, 2.75) is 58.2 Å². The summed E-state index contributed by atoms with van der Waals surface area (Å²) in [5.41, 5.74) is 9.01. The highest BCUT2D eigenvalue weighted by Gasteiger charge is 2.16. The van der Waals surface area contributed by atoms with Gasteiger partial charge >= 0.3 is 0 Å². The van der Waals surface area contributed by atoms with Crippen molar-refractivity contribution in [3.8, 4) is 0 Å². The molecule has 5 nitrogen and oxygen atoms in total. The van der Waals surface area contributed by atoms with Gasteiger partial charge in [-0.25, -0.2) is 0 Å². The third-order valence-corrected chi connectivity index (χ3v) is 4.35. The van der Waals surface area contributed by atoms with E-state index in [2.05, 4.69) is 29.0 Å². The Balaban J connectivity index is 1.71. The molecule has 2 aromatic rings. The highest BCUT2D eigenvalue weighted by Crippen LogP contribution is 2.27. The first-order valence-corrected chi connectivity index (χ1v) is 7.53. The molecule has 0 radical (unpaired) electrons. The lowest BCUT2D eigenvalue weighted by Gasteiger charge is -2.21. The van der Waals surface area contributed by atoms with E-state index in [0.717, 1.165) is 23.5 Å². The van der Waals surface area contributed by atoms with E-state index < -0.39 is 0 Å². The van der Waals surface area contributed by atoms with Crippen LogP contribution in [0.25, 0.3) is 0 Å². The summed E-state index contributed by atoms with van der Waals surface area (Å²) >= 11 is 0. The summed E-state index contributed by atoms with van der Waals surface area (Å²) in [6.07, 6.45) is 10.5. The van der Waals surface area contributed by atoms with Crippen LogP contribution in [0, 0.1) is 6.92 Å². The van der Waals surface area contributed by atoms with Crippen LogP contribution in [-0.4, -0.2) is 19.6 Å². The smallest absolute Gasteiger partial charge is 0.0852 e. The van der Waals surface area contributed by atoms with E-state index in [4.69, 9.17) is 10.8 Å². The summed E-state index contributed by atoms with van der Waals surface area (Å²) in [6, 6.07) is 2.70. The molecule has 1 aliphatic carbocycles. The summed E-state index contributed by atoms with van der Waals surface area (Å²) in [5, 5.41) is 9.12. The maximum Gasteiger partial charge on any atom is 0.0852 e. The minimum atomic E-state index is 0.544. The number of rotatable bonds is 4. The van der Waals surface area contributed by atoms with Gasteiger partial charge in [-0.3, -0.25) is 9.36 Å². The molecule has 108 valence electrons. The van der Waals surface area contributed by atoms with Crippen molar-refractivity contribution in [1.29, 1.82) is 0 Å². The molecular formula is C15H23N5. The van der Waals surface area contributed by atoms with Crippen LogP contribution in [-0.2, 0) is 13.1 Å². The Morgan fingerprint density at radius 2 is 2.10 bits per heavy atom. The van der Waals surface area contributed by atoms with Gasteiger partial charge in [-0.1, -0.05) is 19.3 Å². The molecule has 1 saturated carbocycles. The highest BCUT2D eigenvalue weighted by molar-refractivity contribution is 5.16. The average molecular weight is 273 g/mol. The Bertz CT molecular complexity index is 563. The van der Waals surface area contributed by atoms with Gasteiger partial charge in [0.1, 0.15) is 0 Å². The number of nitrogens with zero attached hydrogens (tertiary/aromatic N) is 4. The van der Waals surface area contributed by atoms with E-state index in [1.807, 2.05) is 10.9 Å². The molecule has 1 fully saturated rings. The highest BCUT2D eigenvalue weighted by atomic mass is 15.3. The van der Waals surface area contributed by atoms with Gasteiger partial charge in [0.2, 0.25) is 0 Å². The van der Waals surface area contributed by atoms with Gasteiger partial charge in [-0.05, 0) is 25.8 Å². The van der Waals surface area contributed by atoms with Gasteiger partial charge in [-0.2, -0.15) is 10.2 Å². The van der Waals surface area contributed by atoms with Crippen LogP contribution in [0.5, 0.6) is 0 Å². The topological polar surface area (TPSA) is 61.7 Å². The summed E-state index contributed by atoms with van der Waals surface area (Å²) in [5.74, 6) is 0. The van der Waals surface area contributed by atoms with E-state index in [0.29, 0.717) is 12.6 Å². The summed E-state index contributed by atoms with van der Waals surface area (Å²) in [7, 11) is 0. The summed E-state index contributed by atoms with van der Waals surface area (Å²) in [4.78, 5) is 0. The fourth-order valence-electron chi connectivity index (χ4n) is 3.01. The van der Waals surface area contributed by atoms with Gasteiger partial charge in [-0.15, -0.1) is 0 Å². The maximum absolute atomic E-state index is 5.69. The molecule has 0 spiro atoms. The molecule has 3 rings (SSSR count). The predicted molar refractivity (Wildman–Crippen MR) is 78.3 cm³/mol. The van der Waals surface area contributed by atoms with Gasteiger partial charge in [0.25, 0.3) is 0 Å². The van der Waals surface area contributed by atoms with E-state index in [1.165, 1.54) is 32.1 Å².